The Kier molecular flexibility index (Phi) is 3.24. The molecule has 17 heavy (non-hydrogen) atoms. The minimum Gasteiger partial charge on any atom is -0.478 e. The minimum atomic E-state index is -1.26. The molecule has 0 amide bonds. The highest BCUT2D eigenvalue weighted by atomic mass is 79.9. The van der Waals surface area contributed by atoms with E-state index in [9.17, 15) is 9.18 Å². The number of carbonyl (C=O) groups is 1. The smallest absolute Gasteiger partial charge is 0.338 e. The summed E-state index contributed by atoms with van der Waals surface area (Å²) >= 11 is 3.29. The lowest BCUT2D eigenvalue weighted by Gasteiger charge is -2.05. The van der Waals surface area contributed by atoms with E-state index < -0.39 is 11.8 Å². The van der Waals surface area contributed by atoms with Crippen molar-refractivity contribution in [2.75, 3.05) is 0 Å². The first-order valence-electron chi connectivity index (χ1n) is 4.87. The molecule has 1 N–H and O–H groups in total. The second-order valence-corrected chi connectivity index (χ2v) is 4.39. The highest BCUT2D eigenvalue weighted by molar-refractivity contribution is 9.10. The Labute approximate surface area is 106 Å². The van der Waals surface area contributed by atoms with Crippen molar-refractivity contribution in [1.82, 2.24) is 0 Å². The predicted molar refractivity (Wildman–Crippen MR) is 66.5 cm³/mol. The minimum absolute atomic E-state index is 0.289. The third-order valence-corrected chi connectivity index (χ3v) is 2.91. The molecular formula is C13H8BrFO2. The molecule has 0 aliphatic rings. The molecule has 0 atom stereocenters. The zero-order valence-corrected chi connectivity index (χ0v) is 10.2. The lowest BCUT2D eigenvalue weighted by molar-refractivity contribution is 0.0692. The van der Waals surface area contributed by atoms with Crippen molar-refractivity contribution in [3.8, 4) is 11.1 Å². The average Bonchev–Trinajstić information content (AvgIpc) is 2.30. The Balaban J connectivity index is 2.56. The third-order valence-electron chi connectivity index (χ3n) is 2.38. The molecule has 4 heteroatoms. The van der Waals surface area contributed by atoms with Gasteiger partial charge in [0, 0.05) is 10.0 Å². The molecule has 0 fully saturated rings. The van der Waals surface area contributed by atoms with Crippen LogP contribution in [0.1, 0.15) is 10.4 Å². The molecule has 2 nitrogen and oxygen atoms in total. The number of halogens is 2. The molecule has 0 aliphatic heterocycles. The molecule has 0 radical (unpaired) electrons. The highest BCUT2D eigenvalue weighted by Gasteiger charge is 2.14. The first-order valence-corrected chi connectivity index (χ1v) is 5.66. The summed E-state index contributed by atoms with van der Waals surface area (Å²) in [6, 6.07) is 11.4. The second-order valence-electron chi connectivity index (χ2n) is 3.48. The molecule has 0 spiro atoms. The van der Waals surface area contributed by atoms with Crippen LogP contribution in [0.4, 0.5) is 4.39 Å². The zero-order chi connectivity index (χ0) is 12.4. The Bertz CT molecular complexity index is 564. The normalized spacial score (nSPS) is 10.2. The van der Waals surface area contributed by atoms with Crippen LogP contribution in [0.15, 0.2) is 46.9 Å². The van der Waals surface area contributed by atoms with Crippen LogP contribution in [-0.4, -0.2) is 11.1 Å². The number of benzene rings is 2. The highest BCUT2D eigenvalue weighted by Crippen LogP contribution is 2.26. The van der Waals surface area contributed by atoms with E-state index in [1.807, 2.05) is 0 Å². The van der Waals surface area contributed by atoms with Crippen LogP contribution in [-0.2, 0) is 0 Å². The second kappa shape index (κ2) is 4.67. The van der Waals surface area contributed by atoms with Crippen LogP contribution >= 0.6 is 15.9 Å². The first-order chi connectivity index (χ1) is 8.09. The molecule has 0 heterocycles. The van der Waals surface area contributed by atoms with Crippen molar-refractivity contribution in [3.63, 3.8) is 0 Å². The van der Waals surface area contributed by atoms with E-state index in [-0.39, 0.29) is 11.1 Å². The maximum absolute atomic E-state index is 13.9. The summed E-state index contributed by atoms with van der Waals surface area (Å²) in [7, 11) is 0. The van der Waals surface area contributed by atoms with Gasteiger partial charge in [0.05, 0.1) is 5.56 Å². The number of hydrogen-bond acceptors (Lipinski definition) is 1. The average molecular weight is 295 g/mol. The van der Waals surface area contributed by atoms with Crippen LogP contribution in [0.5, 0.6) is 0 Å². The van der Waals surface area contributed by atoms with Crippen LogP contribution in [0.3, 0.4) is 0 Å². The number of rotatable bonds is 2. The summed E-state index contributed by atoms with van der Waals surface area (Å²) in [6.45, 7) is 0. The number of aromatic carboxylic acids is 1. The van der Waals surface area contributed by atoms with E-state index in [1.165, 1.54) is 12.1 Å². The number of carboxylic acids is 1. The SMILES string of the molecule is O=C(O)c1cccc(-c2ccc(Br)cc2)c1F. The van der Waals surface area contributed by atoms with Gasteiger partial charge >= 0.3 is 5.97 Å². The summed E-state index contributed by atoms with van der Waals surface area (Å²) < 4.78 is 14.8. The maximum atomic E-state index is 13.9. The van der Waals surface area contributed by atoms with Gasteiger partial charge in [0.25, 0.3) is 0 Å². The molecule has 0 saturated heterocycles. The predicted octanol–water partition coefficient (Wildman–Crippen LogP) is 3.95. The maximum Gasteiger partial charge on any atom is 0.338 e. The van der Waals surface area contributed by atoms with Gasteiger partial charge in [0.1, 0.15) is 5.82 Å². The molecule has 0 saturated carbocycles. The van der Waals surface area contributed by atoms with E-state index in [1.54, 1.807) is 30.3 Å². The van der Waals surface area contributed by atoms with E-state index >= 15 is 0 Å². The number of carboxylic acid groups (broad SMARTS) is 1. The Hall–Kier alpha value is -1.68. The topological polar surface area (TPSA) is 37.3 Å². The van der Waals surface area contributed by atoms with E-state index in [0.29, 0.717) is 5.56 Å². The van der Waals surface area contributed by atoms with Crippen LogP contribution in [0, 0.1) is 5.82 Å². The van der Waals surface area contributed by atoms with Crippen molar-refractivity contribution in [3.05, 3.63) is 58.3 Å². The Morgan fingerprint density at radius 1 is 1.12 bits per heavy atom. The largest absolute Gasteiger partial charge is 0.478 e. The van der Waals surface area contributed by atoms with Gasteiger partial charge in [-0.15, -0.1) is 0 Å². The van der Waals surface area contributed by atoms with Crippen molar-refractivity contribution in [2.24, 2.45) is 0 Å². The molecule has 2 rings (SSSR count). The lowest BCUT2D eigenvalue weighted by Crippen LogP contribution is -2.01. The van der Waals surface area contributed by atoms with Crippen molar-refractivity contribution >= 4 is 21.9 Å². The van der Waals surface area contributed by atoms with Gasteiger partial charge < -0.3 is 5.11 Å². The monoisotopic (exact) mass is 294 g/mol. The molecule has 0 aromatic heterocycles. The number of hydrogen-bond donors (Lipinski definition) is 1. The standard InChI is InChI=1S/C13H8BrFO2/c14-9-6-4-8(5-7-9)10-2-1-3-11(12(10)15)13(16)17/h1-7H,(H,16,17). The van der Waals surface area contributed by atoms with Crippen molar-refractivity contribution in [2.45, 2.75) is 0 Å². The Morgan fingerprint density at radius 2 is 1.76 bits per heavy atom. The summed E-state index contributed by atoms with van der Waals surface area (Å²) in [5.74, 6) is -1.97. The fourth-order valence-corrected chi connectivity index (χ4v) is 1.81. The fraction of sp³-hybridized carbons (Fsp3) is 0. The van der Waals surface area contributed by atoms with Crippen LogP contribution in [0.25, 0.3) is 11.1 Å². The van der Waals surface area contributed by atoms with E-state index in [2.05, 4.69) is 15.9 Å². The molecule has 86 valence electrons. The molecule has 0 aliphatic carbocycles. The van der Waals surface area contributed by atoms with Gasteiger partial charge in [-0.3, -0.25) is 0 Å². The van der Waals surface area contributed by atoms with E-state index in [0.717, 1.165) is 4.47 Å². The van der Waals surface area contributed by atoms with E-state index in [4.69, 9.17) is 5.11 Å². The molecule has 0 unspecified atom stereocenters. The van der Waals surface area contributed by atoms with Gasteiger partial charge in [-0.05, 0) is 23.8 Å². The lowest BCUT2D eigenvalue weighted by atomic mass is 10.0. The Morgan fingerprint density at radius 3 is 2.35 bits per heavy atom. The molecule has 2 aromatic rings. The van der Waals surface area contributed by atoms with Crippen LogP contribution in [0.2, 0.25) is 0 Å². The quantitative estimate of drug-likeness (QED) is 0.910. The molecule has 2 aromatic carbocycles. The fourth-order valence-electron chi connectivity index (χ4n) is 1.55. The molecule has 0 bridgehead atoms. The van der Waals surface area contributed by atoms with Gasteiger partial charge in [0.2, 0.25) is 0 Å². The first kappa shape index (κ1) is 11.8. The van der Waals surface area contributed by atoms with Gasteiger partial charge in [-0.1, -0.05) is 40.2 Å². The van der Waals surface area contributed by atoms with Gasteiger partial charge in [0.15, 0.2) is 0 Å². The summed E-state index contributed by atoms with van der Waals surface area (Å²) in [5.41, 5.74) is 0.622. The third kappa shape index (κ3) is 2.36. The van der Waals surface area contributed by atoms with Gasteiger partial charge in [-0.2, -0.15) is 0 Å². The van der Waals surface area contributed by atoms with Crippen LogP contribution < -0.4 is 0 Å². The summed E-state index contributed by atoms with van der Waals surface area (Å²) in [5, 5.41) is 8.83. The van der Waals surface area contributed by atoms with Gasteiger partial charge in [-0.25, -0.2) is 9.18 Å². The zero-order valence-electron chi connectivity index (χ0n) is 8.65. The summed E-state index contributed by atoms with van der Waals surface area (Å²) in [4.78, 5) is 10.8. The van der Waals surface area contributed by atoms with Crippen molar-refractivity contribution < 1.29 is 14.3 Å². The molecular weight excluding hydrogens is 287 g/mol. The van der Waals surface area contributed by atoms with Crippen molar-refractivity contribution in [1.29, 1.82) is 0 Å². The summed E-state index contributed by atoms with van der Waals surface area (Å²) in [6.07, 6.45) is 0.